The molecule has 1 aromatic rings. The fourth-order valence-electron chi connectivity index (χ4n) is 2.18. The van der Waals surface area contributed by atoms with Crippen LogP contribution in [0.15, 0.2) is 22.7 Å². The zero-order valence-corrected chi connectivity index (χ0v) is 14.6. The van der Waals surface area contributed by atoms with E-state index in [-0.39, 0.29) is 5.97 Å². The molecule has 5 heteroatoms. The molecular weight excluding hydrogens is 342 g/mol. The monoisotopic (exact) mass is 361 g/mol. The van der Waals surface area contributed by atoms with Gasteiger partial charge >= 0.3 is 5.97 Å². The van der Waals surface area contributed by atoms with Crippen molar-refractivity contribution in [1.82, 2.24) is 0 Å². The Morgan fingerprint density at radius 3 is 2.65 bits per heavy atom. The average molecular weight is 363 g/mol. The summed E-state index contributed by atoms with van der Waals surface area (Å²) in [6.07, 6.45) is 0.687. The number of esters is 1. The summed E-state index contributed by atoms with van der Waals surface area (Å²) in [4.78, 5) is 12.2. The Labute approximate surface area is 134 Å². The summed E-state index contributed by atoms with van der Waals surface area (Å²) in [5, 5.41) is 3.91. The van der Waals surface area contributed by atoms with Crippen LogP contribution in [0.25, 0.3) is 0 Å². The van der Waals surface area contributed by atoms with Gasteiger partial charge in [-0.05, 0) is 60.3 Å². The predicted octanol–water partition coefficient (Wildman–Crippen LogP) is 4.88. The largest absolute Gasteiger partial charge is 0.464 e. The zero-order valence-electron chi connectivity index (χ0n) is 12.3. The number of hydrogen-bond acceptors (Lipinski definition) is 3. The molecule has 0 bridgehead atoms. The maximum atomic E-state index is 12.2. The highest BCUT2D eigenvalue weighted by Gasteiger charge is 2.35. The van der Waals surface area contributed by atoms with Crippen molar-refractivity contribution in [2.45, 2.75) is 39.7 Å². The molecule has 1 unspecified atom stereocenters. The van der Waals surface area contributed by atoms with Crippen LogP contribution in [-0.2, 0) is 9.53 Å². The van der Waals surface area contributed by atoms with E-state index in [1.54, 1.807) is 6.07 Å². The smallest absolute Gasteiger partial charge is 0.331 e. The molecule has 1 rings (SSSR count). The lowest BCUT2D eigenvalue weighted by Crippen LogP contribution is -2.45. The third-order valence-corrected chi connectivity index (χ3v) is 4.10. The molecule has 0 aliphatic rings. The molecule has 0 radical (unpaired) electrons. The number of halogens is 2. The third kappa shape index (κ3) is 4.67. The average Bonchev–Trinajstić information content (AvgIpc) is 2.33. The van der Waals surface area contributed by atoms with Crippen LogP contribution in [0.2, 0.25) is 5.02 Å². The van der Waals surface area contributed by atoms with E-state index in [9.17, 15) is 4.79 Å². The lowest BCUT2D eigenvalue weighted by molar-refractivity contribution is -0.148. The van der Waals surface area contributed by atoms with E-state index in [4.69, 9.17) is 16.3 Å². The first-order chi connectivity index (χ1) is 9.28. The summed E-state index contributed by atoms with van der Waals surface area (Å²) >= 11 is 9.37. The molecule has 3 nitrogen and oxygen atoms in total. The number of rotatable bonds is 6. The van der Waals surface area contributed by atoms with Gasteiger partial charge in [-0.2, -0.15) is 0 Å². The molecule has 0 aliphatic carbocycles. The van der Waals surface area contributed by atoms with Gasteiger partial charge in [-0.25, -0.2) is 4.79 Å². The summed E-state index contributed by atoms with van der Waals surface area (Å²) in [6.45, 7) is 8.21. The van der Waals surface area contributed by atoms with Crippen molar-refractivity contribution in [2.75, 3.05) is 11.9 Å². The van der Waals surface area contributed by atoms with Gasteiger partial charge in [0.25, 0.3) is 0 Å². The molecule has 20 heavy (non-hydrogen) atoms. The predicted molar refractivity (Wildman–Crippen MR) is 87.3 cm³/mol. The van der Waals surface area contributed by atoms with Crippen molar-refractivity contribution < 1.29 is 9.53 Å². The van der Waals surface area contributed by atoms with Gasteiger partial charge in [0.2, 0.25) is 0 Å². The Kier molecular flexibility index (Phi) is 6.34. The van der Waals surface area contributed by atoms with Gasteiger partial charge in [-0.3, -0.25) is 0 Å². The van der Waals surface area contributed by atoms with Crippen LogP contribution < -0.4 is 5.32 Å². The summed E-state index contributed by atoms with van der Waals surface area (Å²) in [5.74, 6) is 0.132. The molecular formula is C15H21BrClNO2. The highest BCUT2D eigenvalue weighted by Crippen LogP contribution is 2.29. The second kappa shape index (κ2) is 7.32. The molecule has 0 aliphatic heterocycles. The Hall–Kier alpha value is -0.740. The van der Waals surface area contributed by atoms with Gasteiger partial charge in [-0.1, -0.05) is 25.4 Å². The lowest BCUT2D eigenvalue weighted by Gasteiger charge is -2.31. The number of carbonyl (C=O) groups excluding carboxylic acids is 1. The van der Waals surface area contributed by atoms with E-state index in [0.29, 0.717) is 24.0 Å². The van der Waals surface area contributed by atoms with Gasteiger partial charge in [0.1, 0.15) is 5.54 Å². The molecule has 0 aromatic heterocycles. The second-order valence-electron chi connectivity index (χ2n) is 5.40. The lowest BCUT2D eigenvalue weighted by atomic mass is 9.90. The fraction of sp³-hybridized carbons (Fsp3) is 0.533. The molecule has 0 amide bonds. The fourth-order valence-corrected chi connectivity index (χ4v) is 2.68. The third-order valence-electron chi connectivity index (χ3n) is 2.88. The Bertz CT molecular complexity index is 479. The molecule has 1 N–H and O–H groups in total. The Morgan fingerprint density at radius 2 is 2.15 bits per heavy atom. The topological polar surface area (TPSA) is 38.3 Å². The molecule has 0 saturated heterocycles. The van der Waals surface area contributed by atoms with Crippen molar-refractivity contribution in [1.29, 1.82) is 0 Å². The van der Waals surface area contributed by atoms with Crippen molar-refractivity contribution in [2.24, 2.45) is 5.92 Å². The van der Waals surface area contributed by atoms with Gasteiger partial charge in [0.15, 0.2) is 0 Å². The molecule has 0 heterocycles. The SMILES string of the molecule is CCOC(=O)C(C)(CC(C)C)Nc1ccc(Cl)c(Br)c1. The molecule has 1 atom stereocenters. The van der Waals surface area contributed by atoms with Crippen LogP contribution in [-0.4, -0.2) is 18.1 Å². The first-order valence-corrected chi connectivity index (χ1v) is 7.86. The van der Waals surface area contributed by atoms with Crippen molar-refractivity contribution >= 4 is 39.2 Å². The minimum atomic E-state index is -0.753. The van der Waals surface area contributed by atoms with Crippen LogP contribution in [0.1, 0.15) is 34.1 Å². The summed E-state index contributed by atoms with van der Waals surface area (Å²) in [5.41, 5.74) is 0.0785. The second-order valence-corrected chi connectivity index (χ2v) is 6.67. The number of nitrogens with one attached hydrogen (secondary N) is 1. The maximum Gasteiger partial charge on any atom is 0.331 e. The van der Waals surface area contributed by atoms with Crippen molar-refractivity contribution in [3.63, 3.8) is 0 Å². The minimum Gasteiger partial charge on any atom is -0.464 e. The Morgan fingerprint density at radius 1 is 1.50 bits per heavy atom. The van der Waals surface area contributed by atoms with Gasteiger partial charge in [-0.15, -0.1) is 0 Å². The van der Waals surface area contributed by atoms with E-state index >= 15 is 0 Å². The molecule has 1 aromatic carbocycles. The van der Waals surface area contributed by atoms with Crippen LogP contribution >= 0.6 is 27.5 Å². The molecule has 0 saturated carbocycles. The summed E-state index contributed by atoms with van der Waals surface area (Å²) < 4.78 is 5.99. The van der Waals surface area contributed by atoms with Gasteiger partial charge in [0.05, 0.1) is 11.6 Å². The standard InChI is InChI=1S/C15H21BrClNO2/c1-5-20-14(19)15(4,9-10(2)3)18-11-6-7-13(17)12(16)8-11/h6-8,10,18H,5,9H2,1-4H3. The van der Waals surface area contributed by atoms with Crippen LogP contribution in [0.3, 0.4) is 0 Å². The molecule has 112 valence electrons. The van der Waals surface area contributed by atoms with Crippen LogP contribution in [0.4, 0.5) is 5.69 Å². The van der Waals surface area contributed by atoms with Gasteiger partial charge < -0.3 is 10.1 Å². The van der Waals surface area contributed by atoms with Crippen molar-refractivity contribution in [3.05, 3.63) is 27.7 Å². The first kappa shape index (κ1) is 17.3. The quantitative estimate of drug-likeness (QED) is 0.733. The number of anilines is 1. The first-order valence-electron chi connectivity index (χ1n) is 6.69. The van der Waals surface area contributed by atoms with E-state index < -0.39 is 5.54 Å². The van der Waals surface area contributed by atoms with E-state index in [1.165, 1.54) is 0 Å². The zero-order chi connectivity index (χ0) is 15.3. The Balaban J connectivity index is 2.99. The van der Waals surface area contributed by atoms with E-state index in [1.807, 2.05) is 26.0 Å². The van der Waals surface area contributed by atoms with Crippen molar-refractivity contribution in [3.8, 4) is 0 Å². The van der Waals surface area contributed by atoms with E-state index in [0.717, 1.165) is 10.2 Å². The summed E-state index contributed by atoms with van der Waals surface area (Å²) in [7, 11) is 0. The summed E-state index contributed by atoms with van der Waals surface area (Å²) in [6, 6.07) is 5.50. The number of ether oxygens (including phenoxy) is 1. The normalized spacial score (nSPS) is 13.9. The molecule has 0 spiro atoms. The maximum absolute atomic E-state index is 12.2. The number of benzene rings is 1. The van der Waals surface area contributed by atoms with Crippen LogP contribution in [0, 0.1) is 5.92 Å². The molecule has 0 fully saturated rings. The van der Waals surface area contributed by atoms with E-state index in [2.05, 4.69) is 35.1 Å². The number of hydrogen-bond donors (Lipinski definition) is 1. The number of carbonyl (C=O) groups is 1. The van der Waals surface area contributed by atoms with Gasteiger partial charge in [0, 0.05) is 10.2 Å². The highest BCUT2D eigenvalue weighted by atomic mass is 79.9. The minimum absolute atomic E-state index is 0.236. The van der Waals surface area contributed by atoms with Crippen LogP contribution in [0.5, 0.6) is 0 Å². The highest BCUT2D eigenvalue weighted by molar-refractivity contribution is 9.10.